The zero-order valence-corrected chi connectivity index (χ0v) is 13.5. The van der Waals surface area contributed by atoms with Crippen molar-refractivity contribution in [1.82, 2.24) is 9.97 Å². The highest BCUT2D eigenvalue weighted by molar-refractivity contribution is 14.1. The summed E-state index contributed by atoms with van der Waals surface area (Å²) in [5.74, 6) is 0.326. The second-order valence-corrected chi connectivity index (χ2v) is 7.09. The maximum absolute atomic E-state index is 12.0. The minimum atomic E-state index is -3.02. The van der Waals surface area contributed by atoms with Gasteiger partial charge in [-0.15, -0.1) is 0 Å². The Kier molecular flexibility index (Phi) is 5.12. The summed E-state index contributed by atoms with van der Waals surface area (Å²) in [7, 11) is -1.53. The van der Waals surface area contributed by atoms with Crippen molar-refractivity contribution in [2.75, 3.05) is 25.2 Å². The molecule has 0 saturated heterocycles. The van der Waals surface area contributed by atoms with Crippen LogP contribution >= 0.6 is 45.2 Å². The molecule has 0 aliphatic rings. The Labute approximate surface area is 121 Å². The van der Waals surface area contributed by atoms with Crippen molar-refractivity contribution in [1.29, 1.82) is 4.78 Å². The van der Waals surface area contributed by atoms with Crippen molar-refractivity contribution in [2.24, 2.45) is 0 Å². The van der Waals surface area contributed by atoms with E-state index in [0.717, 1.165) is 0 Å². The zero-order chi connectivity index (χ0) is 12.3. The molecule has 16 heavy (non-hydrogen) atoms. The van der Waals surface area contributed by atoms with Crippen molar-refractivity contribution in [3.63, 3.8) is 0 Å². The molecule has 1 rings (SSSR count). The molecule has 0 spiro atoms. The summed E-state index contributed by atoms with van der Waals surface area (Å²) in [4.78, 5) is 7.92. The van der Waals surface area contributed by atoms with E-state index < -0.39 is 9.73 Å². The van der Waals surface area contributed by atoms with Crippen LogP contribution in [0.5, 0.6) is 0 Å². The van der Waals surface area contributed by atoms with Gasteiger partial charge in [-0.3, -0.25) is 0 Å². The number of ether oxygens (including phenoxy) is 1. The molecule has 0 aromatic carbocycles. The Morgan fingerprint density at radius 2 is 2.12 bits per heavy atom. The minimum absolute atomic E-state index is 0.0214. The summed E-state index contributed by atoms with van der Waals surface area (Å²) in [5.41, 5.74) is 5.64. The van der Waals surface area contributed by atoms with Gasteiger partial charge in [-0.25, -0.2) is 19.0 Å². The van der Waals surface area contributed by atoms with Gasteiger partial charge in [0.05, 0.1) is 15.9 Å². The quantitative estimate of drug-likeness (QED) is 0.395. The summed E-state index contributed by atoms with van der Waals surface area (Å²) in [6.45, 7) is 0.230. The van der Waals surface area contributed by atoms with Gasteiger partial charge in [0.1, 0.15) is 19.2 Å². The Bertz CT molecular complexity index is 468. The monoisotopic (exact) mass is 468 g/mol. The third kappa shape index (κ3) is 3.37. The number of hydrogen-bond acceptors (Lipinski definition) is 6. The van der Waals surface area contributed by atoms with Crippen LogP contribution in [-0.2, 0) is 14.5 Å². The van der Waals surface area contributed by atoms with Crippen LogP contribution < -0.4 is 5.73 Å². The molecular formula is C7H10I2N4O2S. The average molecular weight is 468 g/mol. The maximum atomic E-state index is 12.0. The number of nitrogens with one attached hydrogen (secondary N) is 1. The Morgan fingerprint density at radius 1 is 1.50 bits per heavy atom. The van der Waals surface area contributed by atoms with Gasteiger partial charge >= 0.3 is 0 Å². The number of nitrogens with zero attached hydrogens (tertiary/aromatic N) is 2. The van der Waals surface area contributed by atoms with Crippen LogP contribution in [0.2, 0.25) is 0 Å². The van der Waals surface area contributed by atoms with Crippen molar-refractivity contribution in [3.8, 4) is 0 Å². The summed E-state index contributed by atoms with van der Waals surface area (Å²) < 4.78 is 25.8. The standard InChI is InChI=1S/C7H10I2N4O2S/c1-15-2-3-16(11,14)7-12-5(9)4(8)6(10)13-7/h11H,2-3H2,1H3,(H2,10,12,13). The highest BCUT2D eigenvalue weighted by atomic mass is 127. The van der Waals surface area contributed by atoms with Gasteiger partial charge in [-0.05, 0) is 45.2 Å². The van der Waals surface area contributed by atoms with Gasteiger partial charge < -0.3 is 10.5 Å². The molecule has 3 N–H and O–H groups in total. The topological polar surface area (TPSA) is 102 Å². The highest BCUT2D eigenvalue weighted by Gasteiger charge is 2.17. The van der Waals surface area contributed by atoms with Crippen LogP contribution in [-0.4, -0.2) is 33.6 Å². The Hall–Kier alpha value is 0.250. The first-order valence-corrected chi connectivity index (χ1v) is 8.01. The second kappa shape index (κ2) is 5.73. The van der Waals surface area contributed by atoms with Crippen LogP contribution in [0.3, 0.4) is 0 Å². The lowest BCUT2D eigenvalue weighted by Gasteiger charge is -2.07. The molecule has 0 fully saturated rings. The summed E-state index contributed by atoms with van der Waals surface area (Å²) >= 11 is 3.98. The van der Waals surface area contributed by atoms with Crippen LogP contribution in [0.4, 0.5) is 5.82 Å². The lowest BCUT2D eigenvalue weighted by atomic mass is 10.6. The smallest absolute Gasteiger partial charge is 0.230 e. The van der Waals surface area contributed by atoms with E-state index in [0.29, 0.717) is 7.27 Å². The average Bonchev–Trinajstić information content (AvgIpc) is 2.22. The van der Waals surface area contributed by atoms with E-state index in [4.69, 9.17) is 15.3 Å². The molecule has 6 nitrogen and oxygen atoms in total. The molecule has 90 valence electrons. The van der Waals surface area contributed by atoms with Crippen LogP contribution in [0, 0.1) is 12.1 Å². The first-order chi connectivity index (χ1) is 7.38. The van der Waals surface area contributed by atoms with Crippen molar-refractivity contribution >= 4 is 60.7 Å². The molecule has 1 aromatic heterocycles. The lowest BCUT2D eigenvalue weighted by molar-refractivity contribution is 0.217. The van der Waals surface area contributed by atoms with E-state index in [1.165, 1.54) is 7.11 Å². The summed E-state index contributed by atoms with van der Waals surface area (Å²) in [5, 5.41) is -0.0214. The number of methoxy groups -OCH3 is 1. The minimum Gasteiger partial charge on any atom is -0.384 e. The van der Waals surface area contributed by atoms with Crippen LogP contribution in [0.15, 0.2) is 5.16 Å². The van der Waals surface area contributed by atoms with Crippen molar-refractivity contribution in [3.05, 3.63) is 7.27 Å². The molecule has 1 aromatic rings. The molecule has 0 aliphatic carbocycles. The Morgan fingerprint density at radius 3 is 2.62 bits per heavy atom. The fraction of sp³-hybridized carbons (Fsp3) is 0.429. The largest absolute Gasteiger partial charge is 0.384 e. The third-order valence-electron chi connectivity index (χ3n) is 1.69. The van der Waals surface area contributed by atoms with Crippen molar-refractivity contribution in [2.45, 2.75) is 5.16 Å². The van der Waals surface area contributed by atoms with E-state index in [1.54, 1.807) is 0 Å². The van der Waals surface area contributed by atoms with Crippen LogP contribution in [0.25, 0.3) is 0 Å². The van der Waals surface area contributed by atoms with Gasteiger partial charge in [0, 0.05) is 7.11 Å². The molecule has 1 atom stereocenters. The van der Waals surface area contributed by atoms with E-state index in [2.05, 4.69) is 9.97 Å². The molecule has 1 unspecified atom stereocenters. The fourth-order valence-electron chi connectivity index (χ4n) is 0.855. The van der Waals surface area contributed by atoms with Gasteiger partial charge in [-0.2, -0.15) is 0 Å². The van der Waals surface area contributed by atoms with Gasteiger partial charge in [0.2, 0.25) is 5.16 Å². The first-order valence-electron chi connectivity index (χ1n) is 4.12. The maximum Gasteiger partial charge on any atom is 0.230 e. The van der Waals surface area contributed by atoms with Gasteiger partial charge in [-0.1, -0.05) is 0 Å². The predicted molar refractivity (Wildman–Crippen MR) is 77.7 cm³/mol. The molecule has 0 bridgehead atoms. The summed E-state index contributed by atoms with van der Waals surface area (Å²) in [6.07, 6.45) is 0. The van der Waals surface area contributed by atoms with Crippen molar-refractivity contribution < 1.29 is 8.95 Å². The van der Waals surface area contributed by atoms with E-state index in [-0.39, 0.29) is 23.3 Å². The number of hydrogen-bond donors (Lipinski definition) is 2. The summed E-state index contributed by atoms with van der Waals surface area (Å²) in [6, 6.07) is 0. The van der Waals surface area contributed by atoms with E-state index in [1.807, 2.05) is 45.2 Å². The molecule has 0 saturated carbocycles. The molecular weight excluding hydrogens is 458 g/mol. The second-order valence-electron chi connectivity index (χ2n) is 2.87. The number of rotatable bonds is 4. The predicted octanol–water partition coefficient (Wildman–Crippen LogP) is 1.32. The lowest BCUT2D eigenvalue weighted by Crippen LogP contribution is -2.15. The molecule has 9 heteroatoms. The molecule has 0 radical (unpaired) electrons. The van der Waals surface area contributed by atoms with Crippen LogP contribution in [0.1, 0.15) is 0 Å². The highest BCUT2D eigenvalue weighted by Crippen LogP contribution is 2.20. The fourth-order valence-corrected chi connectivity index (χ4v) is 2.83. The number of halogens is 2. The first kappa shape index (κ1) is 14.3. The van der Waals surface area contributed by atoms with Gasteiger partial charge in [0.25, 0.3) is 0 Å². The van der Waals surface area contributed by atoms with Gasteiger partial charge in [0.15, 0.2) is 0 Å². The number of aromatic nitrogens is 2. The molecule has 0 aliphatic heterocycles. The number of nitrogen functional groups attached to an aromatic ring is 1. The molecule has 1 heterocycles. The number of anilines is 1. The Balaban J connectivity index is 3.14. The van der Waals surface area contributed by atoms with E-state index in [9.17, 15) is 4.21 Å². The zero-order valence-electron chi connectivity index (χ0n) is 8.37. The normalized spacial score (nSPS) is 14.7. The number of nitrogens with two attached hydrogens (primary N) is 1. The molecule has 0 amide bonds. The third-order valence-corrected chi connectivity index (χ3v) is 6.08. The van der Waals surface area contributed by atoms with E-state index >= 15 is 0 Å². The SMILES string of the molecule is COCCS(=N)(=O)c1nc(N)c(I)c(I)n1.